The van der Waals surface area contributed by atoms with E-state index in [1.54, 1.807) is 49.0 Å². The highest BCUT2D eigenvalue weighted by Gasteiger charge is 2.28. The Morgan fingerprint density at radius 2 is 1.92 bits per heavy atom. The highest BCUT2D eigenvalue weighted by atomic mass is 32.2. The van der Waals surface area contributed by atoms with Crippen LogP contribution in [0.4, 0.5) is 0 Å². The number of aromatic nitrogens is 2. The largest absolute Gasteiger partial charge is 0.480 e. The van der Waals surface area contributed by atoms with E-state index in [1.165, 1.54) is 0 Å². The maximum Gasteiger partial charge on any atom is 0.323 e. The zero-order valence-electron chi connectivity index (χ0n) is 22.1. The number of hydrogen-bond acceptors (Lipinski definition) is 8. The van der Waals surface area contributed by atoms with Crippen LogP contribution in [0.5, 0.6) is 0 Å². The third-order valence-electron chi connectivity index (χ3n) is 6.38. The van der Waals surface area contributed by atoms with E-state index < -0.39 is 34.5 Å². The molecule has 0 aliphatic carbocycles. The standard InChI is InChI=1S/C26H33N7O5S/c1-16-12-17(2)23(18(3)13-16)39(37,38)32-21(25(35)36)15-30-24(34)19-6-4-7-22-20(19)14-31-33(22)11-5-8-27-26-28-9-10-29-26/h4,6-7,12-14,21,32H,5,8-11,15H2,1-3H3,(H,30,34)(H,35,36)(H2,27,28,29). The molecule has 1 amide bonds. The molecule has 2 aromatic carbocycles. The average Bonchev–Trinajstić information content (AvgIpc) is 3.53. The van der Waals surface area contributed by atoms with Gasteiger partial charge in [-0.3, -0.25) is 19.3 Å². The second-order valence-corrected chi connectivity index (χ2v) is 11.1. The van der Waals surface area contributed by atoms with Gasteiger partial charge in [0.1, 0.15) is 6.04 Å². The maximum absolute atomic E-state index is 13.1. The first-order chi connectivity index (χ1) is 18.6. The number of aliphatic imine (C=N–C) groups is 1. The monoisotopic (exact) mass is 555 g/mol. The van der Waals surface area contributed by atoms with Crippen molar-refractivity contribution < 1.29 is 23.1 Å². The Labute approximate surface area is 226 Å². The number of nitrogens with zero attached hydrogens (tertiary/aromatic N) is 3. The molecule has 208 valence electrons. The van der Waals surface area contributed by atoms with Crippen LogP contribution < -0.4 is 20.7 Å². The van der Waals surface area contributed by atoms with Crippen molar-refractivity contribution in [1.82, 2.24) is 30.5 Å². The number of carboxylic acid groups (broad SMARTS) is 1. The van der Waals surface area contributed by atoms with Crippen molar-refractivity contribution in [3.05, 3.63) is 58.8 Å². The summed E-state index contributed by atoms with van der Waals surface area (Å²) in [4.78, 5) is 29.3. The molecule has 39 heavy (non-hydrogen) atoms. The molecule has 2 heterocycles. The number of guanidine groups is 1. The average molecular weight is 556 g/mol. The number of nitrogens with one attached hydrogen (secondary N) is 4. The van der Waals surface area contributed by atoms with Gasteiger partial charge in [-0.25, -0.2) is 8.42 Å². The Bertz CT molecular complexity index is 1510. The second-order valence-electron chi connectivity index (χ2n) is 9.49. The number of carbonyl (C=O) groups excluding carboxylic acids is 1. The number of benzene rings is 2. The molecular weight excluding hydrogens is 522 g/mol. The number of rotatable bonds is 11. The number of amides is 1. The molecule has 3 aromatic rings. The lowest BCUT2D eigenvalue weighted by Gasteiger charge is -2.18. The molecule has 1 aliphatic rings. The summed E-state index contributed by atoms with van der Waals surface area (Å²) in [5.74, 6) is -1.13. The normalized spacial score (nSPS) is 14.1. The van der Waals surface area contributed by atoms with Crippen LogP contribution in [0.3, 0.4) is 0 Å². The van der Waals surface area contributed by atoms with Gasteiger partial charge < -0.3 is 21.1 Å². The lowest BCUT2D eigenvalue weighted by atomic mass is 10.1. The van der Waals surface area contributed by atoms with Crippen molar-refractivity contribution in [1.29, 1.82) is 0 Å². The van der Waals surface area contributed by atoms with Gasteiger partial charge in [0.25, 0.3) is 5.91 Å². The van der Waals surface area contributed by atoms with Gasteiger partial charge in [0.2, 0.25) is 10.0 Å². The molecule has 5 N–H and O–H groups in total. The number of carboxylic acids is 1. The molecule has 0 saturated carbocycles. The highest BCUT2D eigenvalue weighted by Crippen LogP contribution is 2.22. The lowest BCUT2D eigenvalue weighted by molar-refractivity contribution is -0.138. The highest BCUT2D eigenvalue weighted by molar-refractivity contribution is 7.89. The molecule has 13 heteroatoms. The van der Waals surface area contributed by atoms with E-state index in [4.69, 9.17) is 0 Å². The summed E-state index contributed by atoms with van der Waals surface area (Å²) in [6.07, 6.45) is 2.38. The Hall–Kier alpha value is -3.97. The van der Waals surface area contributed by atoms with Crippen molar-refractivity contribution in [2.45, 2.75) is 44.7 Å². The summed E-state index contributed by atoms with van der Waals surface area (Å²) in [6, 6.07) is 7.08. The second kappa shape index (κ2) is 11.8. The minimum atomic E-state index is -4.16. The summed E-state index contributed by atoms with van der Waals surface area (Å²) in [5, 5.41) is 23.7. The number of fused-ring (bicyclic) bond motifs is 1. The molecule has 0 spiro atoms. The van der Waals surface area contributed by atoms with Gasteiger partial charge in [-0.15, -0.1) is 0 Å². The SMILES string of the molecule is Cc1cc(C)c(S(=O)(=O)NC(CNC(=O)c2cccc3c2cnn3CCCNC2=NCCN2)C(=O)O)c(C)c1. The van der Waals surface area contributed by atoms with Crippen LogP contribution in [0.2, 0.25) is 0 Å². The van der Waals surface area contributed by atoms with Crippen molar-refractivity contribution in [3.63, 3.8) is 0 Å². The topological polar surface area (TPSA) is 167 Å². The van der Waals surface area contributed by atoms with Gasteiger partial charge >= 0.3 is 5.97 Å². The van der Waals surface area contributed by atoms with Crippen LogP contribution in [0.25, 0.3) is 10.9 Å². The first kappa shape index (κ1) is 28.0. The molecule has 1 atom stereocenters. The summed E-state index contributed by atoms with van der Waals surface area (Å²) < 4.78 is 30.2. The van der Waals surface area contributed by atoms with E-state index in [2.05, 4.69) is 30.8 Å². The third kappa shape index (κ3) is 6.55. The van der Waals surface area contributed by atoms with E-state index in [0.717, 1.165) is 36.6 Å². The number of hydrogen-bond donors (Lipinski definition) is 5. The van der Waals surface area contributed by atoms with Crippen LogP contribution in [-0.4, -0.2) is 73.4 Å². The fraction of sp³-hybridized carbons (Fsp3) is 0.385. The number of aryl methyl sites for hydroxylation is 4. The van der Waals surface area contributed by atoms with Crippen molar-refractivity contribution in [3.8, 4) is 0 Å². The Balaban J connectivity index is 1.42. The number of aliphatic carboxylic acids is 1. The fourth-order valence-electron chi connectivity index (χ4n) is 4.74. The molecule has 1 aliphatic heterocycles. The zero-order chi connectivity index (χ0) is 28.2. The van der Waals surface area contributed by atoms with Gasteiger partial charge in [0.15, 0.2) is 5.96 Å². The van der Waals surface area contributed by atoms with Gasteiger partial charge in [-0.05, 0) is 50.5 Å². The van der Waals surface area contributed by atoms with Gasteiger partial charge in [0, 0.05) is 31.6 Å². The van der Waals surface area contributed by atoms with Crippen molar-refractivity contribution in [2.75, 3.05) is 26.2 Å². The summed E-state index contributed by atoms with van der Waals surface area (Å²) in [7, 11) is -4.16. The van der Waals surface area contributed by atoms with Crippen LogP contribution in [0.1, 0.15) is 33.5 Å². The van der Waals surface area contributed by atoms with Gasteiger partial charge in [0.05, 0.1) is 28.7 Å². The Morgan fingerprint density at radius 1 is 1.18 bits per heavy atom. The molecule has 12 nitrogen and oxygen atoms in total. The Kier molecular flexibility index (Phi) is 8.51. The maximum atomic E-state index is 13.1. The number of carbonyl (C=O) groups is 2. The van der Waals surface area contributed by atoms with Crippen LogP contribution in [0.15, 0.2) is 46.4 Å². The minimum absolute atomic E-state index is 0.0329. The number of sulfonamides is 1. The zero-order valence-corrected chi connectivity index (χ0v) is 22.9. The third-order valence-corrected chi connectivity index (χ3v) is 8.16. The molecule has 1 aromatic heterocycles. The van der Waals surface area contributed by atoms with E-state index in [1.807, 2.05) is 13.0 Å². The molecular formula is C26H33N7O5S. The Morgan fingerprint density at radius 3 is 2.59 bits per heavy atom. The predicted molar refractivity (Wildman–Crippen MR) is 147 cm³/mol. The minimum Gasteiger partial charge on any atom is -0.480 e. The quantitative estimate of drug-likeness (QED) is 0.219. The molecule has 4 rings (SSSR count). The summed E-state index contributed by atoms with van der Waals surface area (Å²) in [6.45, 7) is 7.66. The van der Waals surface area contributed by atoms with Crippen LogP contribution in [-0.2, 0) is 21.4 Å². The smallest absolute Gasteiger partial charge is 0.323 e. The van der Waals surface area contributed by atoms with Crippen LogP contribution >= 0.6 is 0 Å². The predicted octanol–water partition coefficient (Wildman–Crippen LogP) is 1.06. The van der Waals surface area contributed by atoms with Crippen molar-refractivity contribution >= 4 is 38.8 Å². The van der Waals surface area contributed by atoms with E-state index in [0.29, 0.717) is 35.2 Å². The van der Waals surface area contributed by atoms with Crippen LogP contribution in [0, 0.1) is 20.8 Å². The first-order valence-electron chi connectivity index (χ1n) is 12.6. The van der Waals surface area contributed by atoms with Gasteiger partial charge in [-0.1, -0.05) is 23.8 Å². The lowest BCUT2D eigenvalue weighted by Crippen LogP contribution is -2.48. The fourth-order valence-corrected chi connectivity index (χ4v) is 6.38. The summed E-state index contributed by atoms with van der Waals surface area (Å²) in [5.41, 5.74) is 3.00. The van der Waals surface area contributed by atoms with Gasteiger partial charge in [-0.2, -0.15) is 9.82 Å². The molecule has 0 saturated heterocycles. The summed E-state index contributed by atoms with van der Waals surface area (Å²) >= 11 is 0. The molecule has 0 radical (unpaired) electrons. The van der Waals surface area contributed by atoms with E-state index >= 15 is 0 Å². The van der Waals surface area contributed by atoms with Crippen molar-refractivity contribution in [2.24, 2.45) is 4.99 Å². The van der Waals surface area contributed by atoms with E-state index in [-0.39, 0.29) is 4.90 Å². The van der Waals surface area contributed by atoms with E-state index in [9.17, 15) is 23.1 Å². The molecule has 0 bridgehead atoms. The first-order valence-corrected chi connectivity index (χ1v) is 14.1. The molecule has 0 fully saturated rings. The molecule has 1 unspecified atom stereocenters.